The molecule has 136 valence electrons. The predicted molar refractivity (Wildman–Crippen MR) is 92.0 cm³/mol. The quantitative estimate of drug-likeness (QED) is 0.544. The van der Waals surface area contributed by atoms with Gasteiger partial charge < -0.3 is 9.09 Å². The Hall–Kier alpha value is -3.42. The van der Waals surface area contributed by atoms with Crippen molar-refractivity contribution in [1.82, 2.24) is 14.7 Å². The van der Waals surface area contributed by atoms with Gasteiger partial charge in [-0.15, -0.1) is 0 Å². The van der Waals surface area contributed by atoms with Gasteiger partial charge in [0.25, 0.3) is 5.56 Å². The second-order valence-corrected chi connectivity index (χ2v) is 5.98. The third-order valence-electron chi connectivity index (χ3n) is 4.09. The Morgan fingerprint density at radius 2 is 1.78 bits per heavy atom. The number of fused-ring (bicyclic) bond motifs is 1. The van der Waals surface area contributed by atoms with Gasteiger partial charge in [0, 0.05) is 17.8 Å². The fourth-order valence-electron chi connectivity index (χ4n) is 2.77. The van der Waals surface area contributed by atoms with Crippen molar-refractivity contribution in [3.8, 4) is 11.4 Å². The molecule has 0 radical (unpaired) electrons. The summed E-state index contributed by atoms with van der Waals surface area (Å²) in [7, 11) is 0. The van der Waals surface area contributed by atoms with Crippen LogP contribution in [-0.2, 0) is 12.7 Å². The monoisotopic (exact) mass is 371 g/mol. The van der Waals surface area contributed by atoms with Crippen LogP contribution < -0.4 is 5.56 Å². The van der Waals surface area contributed by atoms with Crippen LogP contribution in [0.1, 0.15) is 11.5 Å². The lowest BCUT2D eigenvalue weighted by atomic mass is 10.1. The zero-order chi connectivity index (χ0) is 19.0. The maximum atomic E-state index is 12.6. The van der Waals surface area contributed by atoms with Crippen LogP contribution in [0.2, 0.25) is 0 Å². The minimum absolute atomic E-state index is 0.161. The first-order valence-electron chi connectivity index (χ1n) is 7.99. The molecule has 27 heavy (non-hydrogen) atoms. The van der Waals surface area contributed by atoms with Crippen molar-refractivity contribution < 1.29 is 17.7 Å². The summed E-state index contributed by atoms with van der Waals surface area (Å²) in [6, 6.07) is 16.4. The molecule has 0 saturated heterocycles. The first kappa shape index (κ1) is 17.0. The van der Waals surface area contributed by atoms with Crippen LogP contribution in [0.3, 0.4) is 0 Å². The van der Waals surface area contributed by atoms with Crippen LogP contribution in [0.4, 0.5) is 13.2 Å². The molecule has 0 fully saturated rings. The Balaban J connectivity index is 1.61. The number of hydrogen-bond donors (Lipinski definition) is 0. The lowest BCUT2D eigenvalue weighted by Gasteiger charge is -2.07. The third-order valence-corrected chi connectivity index (χ3v) is 4.09. The van der Waals surface area contributed by atoms with E-state index in [1.165, 1.54) is 22.9 Å². The molecule has 0 aliphatic rings. The van der Waals surface area contributed by atoms with Gasteiger partial charge in [-0.1, -0.05) is 41.6 Å². The van der Waals surface area contributed by atoms with E-state index >= 15 is 0 Å². The standard InChI is InChI=1S/C19H12F3N3O2/c20-19(21,22)18-23-17(24-27-18)15-7-8-25(16(26)10-15)11-12-5-6-13-3-1-2-4-14(13)9-12/h1-10H,11H2. The number of aromatic nitrogens is 3. The highest BCUT2D eigenvalue weighted by molar-refractivity contribution is 5.82. The molecule has 0 bridgehead atoms. The summed E-state index contributed by atoms with van der Waals surface area (Å²) in [5, 5.41) is 5.45. The van der Waals surface area contributed by atoms with Gasteiger partial charge in [-0.2, -0.15) is 18.2 Å². The summed E-state index contributed by atoms with van der Waals surface area (Å²) < 4.78 is 43.3. The van der Waals surface area contributed by atoms with Crippen molar-refractivity contribution in [2.24, 2.45) is 0 Å². The van der Waals surface area contributed by atoms with Crippen LogP contribution in [0.15, 0.2) is 70.1 Å². The summed E-state index contributed by atoms with van der Waals surface area (Å²) in [5.74, 6) is -1.73. The molecule has 0 atom stereocenters. The number of pyridine rings is 1. The average Bonchev–Trinajstić information content (AvgIpc) is 3.14. The normalized spacial score (nSPS) is 11.8. The summed E-state index contributed by atoms with van der Waals surface area (Å²) in [6.45, 7) is 0.337. The topological polar surface area (TPSA) is 60.9 Å². The Kier molecular flexibility index (Phi) is 4.02. The second-order valence-electron chi connectivity index (χ2n) is 5.98. The van der Waals surface area contributed by atoms with E-state index < -0.39 is 12.1 Å². The van der Waals surface area contributed by atoms with E-state index in [1.807, 2.05) is 42.5 Å². The zero-order valence-corrected chi connectivity index (χ0v) is 13.8. The van der Waals surface area contributed by atoms with Gasteiger partial charge >= 0.3 is 12.1 Å². The van der Waals surface area contributed by atoms with E-state index in [4.69, 9.17) is 0 Å². The molecule has 8 heteroatoms. The minimum Gasteiger partial charge on any atom is -0.329 e. The van der Waals surface area contributed by atoms with E-state index in [9.17, 15) is 18.0 Å². The van der Waals surface area contributed by atoms with Gasteiger partial charge in [-0.05, 0) is 28.5 Å². The van der Waals surface area contributed by atoms with E-state index in [1.54, 1.807) is 0 Å². The Bertz CT molecular complexity index is 1180. The van der Waals surface area contributed by atoms with Crippen LogP contribution >= 0.6 is 0 Å². The molecule has 0 aliphatic heterocycles. The highest BCUT2D eigenvalue weighted by Crippen LogP contribution is 2.29. The number of nitrogens with zero attached hydrogens (tertiary/aromatic N) is 3. The molecule has 2 heterocycles. The van der Waals surface area contributed by atoms with Gasteiger partial charge in [0.05, 0.1) is 6.54 Å². The average molecular weight is 371 g/mol. The van der Waals surface area contributed by atoms with Crippen molar-refractivity contribution in [2.45, 2.75) is 12.7 Å². The first-order chi connectivity index (χ1) is 12.9. The molecule has 0 saturated carbocycles. The lowest BCUT2D eigenvalue weighted by Crippen LogP contribution is -2.19. The molecule has 4 rings (SSSR count). The molecule has 0 amide bonds. The maximum absolute atomic E-state index is 12.6. The van der Waals surface area contributed by atoms with Crippen LogP contribution in [0.5, 0.6) is 0 Å². The Morgan fingerprint density at radius 3 is 2.48 bits per heavy atom. The number of alkyl halides is 3. The van der Waals surface area contributed by atoms with E-state index in [0.29, 0.717) is 6.54 Å². The smallest absolute Gasteiger partial charge is 0.329 e. The molecule has 2 aromatic carbocycles. The molecule has 5 nitrogen and oxygen atoms in total. The van der Waals surface area contributed by atoms with E-state index in [0.717, 1.165) is 16.3 Å². The zero-order valence-electron chi connectivity index (χ0n) is 13.8. The molecule has 0 N–H and O–H groups in total. The molecule has 0 unspecified atom stereocenters. The minimum atomic E-state index is -4.73. The summed E-state index contributed by atoms with van der Waals surface area (Å²) in [6.07, 6.45) is -3.23. The van der Waals surface area contributed by atoms with E-state index in [2.05, 4.69) is 14.7 Å². The van der Waals surface area contributed by atoms with Crippen LogP contribution in [0.25, 0.3) is 22.2 Å². The van der Waals surface area contributed by atoms with Crippen molar-refractivity contribution >= 4 is 10.8 Å². The van der Waals surface area contributed by atoms with Crippen molar-refractivity contribution in [3.63, 3.8) is 0 Å². The van der Waals surface area contributed by atoms with Crippen LogP contribution in [0, 0.1) is 0 Å². The maximum Gasteiger partial charge on any atom is 0.471 e. The van der Waals surface area contributed by atoms with Gasteiger partial charge in [-0.25, -0.2) is 0 Å². The Morgan fingerprint density at radius 1 is 1.00 bits per heavy atom. The summed E-state index contributed by atoms with van der Waals surface area (Å²) >= 11 is 0. The highest BCUT2D eigenvalue weighted by Gasteiger charge is 2.38. The molecule has 4 aromatic rings. The highest BCUT2D eigenvalue weighted by atomic mass is 19.4. The second kappa shape index (κ2) is 6.39. The lowest BCUT2D eigenvalue weighted by molar-refractivity contribution is -0.159. The number of hydrogen-bond acceptors (Lipinski definition) is 4. The summed E-state index contributed by atoms with van der Waals surface area (Å²) in [5.41, 5.74) is 0.718. The first-order valence-corrected chi connectivity index (χ1v) is 7.99. The number of benzene rings is 2. The third kappa shape index (κ3) is 3.46. The predicted octanol–water partition coefficient (Wildman–Crippen LogP) is 4.12. The van der Waals surface area contributed by atoms with Gasteiger partial charge in [0.1, 0.15) is 0 Å². The van der Waals surface area contributed by atoms with Crippen molar-refractivity contribution in [3.05, 3.63) is 82.6 Å². The number of rotatable bonds is 3. The molecular weight excluding hydrogens is 359 g/mol. The number of halogens is 3. The summed E-state index contributed by atoms with van der Waals surface area (Å²) in [4.78, 5) is 15.6. The van der Waals surface area contributed by atoms with E-state index in [-0.39, 0.29) is 16.9 Å². The van der Waals surface area contributed by atoms with Gasteiger partial charge in [-0.3, -0.25) is 4.79 Å². The largest absolute Gasteiger partial charge is 0.471 e. The molecule has 0 spiro atoms. The SMILES string of the molecule is O=c1cc(-c2noc(C(F)(F)F)n2)ccn1Cc1ccc2ccccc2c1. The van der Waals surface area contributed by atoms with Gasteiger partial charge in [0.2, 0.25) is 5.82 Å². The Labute approximate surface area is 150 Å². The molecular formula is C19H12F3N3O2. The molecule has 0 aliphatic carbocycles. The molecule has 2 aromatic heterocycles. The van der Waals surface area contributed by atoms with Crippen molar-refractivity contribution in [1.29, 1.82) is 0 Å². The van der Waals surface area contributed by atoms with Crippen LogP contribution in [-0.4, -0.2) is 14.7 Å². The fraction of sp³-hybridized carbons (Fsp3) is 0.105. The van der Waals surface area contributed by atoms with Gasteiger partial charge in [0.15, 0.2) is 0 Å². The van der Waals surface area contributed by atoms with Crippen molar-refractivity contribution in [2.75, 3.05) is 0 Å². The fourth-order valence-corrected chi connectivity index (χ4v) is 2.77.